The lowest BCUT2D eigenvalue weighted by molar-refractivity contribution is 0.287. The van der Waals surface area contributed by atoms with E-state index in [0.717, 1.165) is 12.7 Å². The highest BCUT2D eigenvalue weighted by molar-refractivity contribution is 7.72. The molecule has 170 valence electrons. The smallest absolute Gasteiger partial charge is 0.365 e. The third-order valence-corrected chi connectivity index (χ3v) is 12.4. The maximum absolute atomic E-state index is 11.1. The van der Waals surface area contributed by atoms with Gasteiger partial charge in [-0.05, 0) is 0 Å². The van der Waals surface area contributed by atoms with E-state index in [1.165, 1.54) is 4.90 Å². The molecule has 9 N–H and O–H groups in total. The molecule has 29 heavy (non-hydrogen) atoms. The Morgan fingerprint density at radius 2 is 1.34 bits per heavy atom. The molecule has 0 aromatic carbocycles. The van der Waals surface area contributed by atoms with Gasteiger partial charge < -0.3 is 49.4 Å². The first-order chi connectivity index (χ1) is 12.8. The number of nitrogens with one attached hydrogen (secondary N) is 1. The number of hydrogen-bond acceptors (Lipinski definition) is 8. The van der Waals surface area contributed by atoms with Gasteiger partial charge in [-0.2, -0.15) is 0 Å². The number of aliphatic imine (C=N–C) groups is 2. The van der Waals surface area contributed by atoms with Gasteiger partial charge >= 0.3 is 30.4 Å². The molecule has 0 radical (unpaired) electrons. The highest BCUT2D eigenvalue weighted by Gasteiger charge is 2.61. The summed E-state index contributed by atoms with van der Waals surface area (Å²) < 4.78 is 44.3. The van der Waals surface area contributed by atoms with Gasteiger partial charge in [-0.1, -0.05) is 0 Å². The summed E-state index contributed by atoms with van der Waals surface area (Å²) in [6.45, 7) is 0.0863. The van der Waals surface area contributed by atoms with Gasteiger partial charge in [0.05, 0.1) is 12.7 Å². The first-order valence-electron chi connectivity index (χ1n) is 7.55. The van der Waals surface area contributed by atoms with E-state index in [1.807, 2.05) is 5.32 Å². The van der Waals surface area contributed by atoms with Gasteiger partial charge in [0.1, 0.15) is 0 Å². The zero-order valence-electron chi connectivity index (χ0n) is 14.8. The normalized spacial score (nSPS) is 21.8. The second-order valence-electron chi connectivity index (χ2n) is 6.17. The Bertz CT molecular complexity index is 807. The summed E-state index contributed by atoms with van der Waals surface area (Å²) in [5.41, 5.74) is 0. The summed E-state index contributed by atoms with van der Waals surface area (Å²) in [6, 6.07) is 0. The Balaban J connectivity index is 0.000000291. The number of rotatable bonds is 4. The maximum atomic E-state index is 11.1. The Hall–Kier alpha value is -0.460. The van der Waals surface area contributed by atoms with Crippen LogP contribution in [0.3, 0.4) is 0 Å². The lowest BCUT2D eigenvalue weighted by Crippen LogP contribution is -2.46. The minimum Gasteiger partial charge on any atom is -0.366 e. The zero-order valence-corrected chi connectivity index (χ0v) is 18.4. The molecule has 2 aliphatic rings. The highest BCUT2D eigenvalue weighted by atomic mass is 31.2. The first kappa shape index (κ1) is 26.6. The summed E-state index contributed by atoms with van der Waals surface area (Å²) in [4.78, 5) is 80.1. The maximum Gasteiger partial charge on any atom is 0.365 e. The van der Waals surface area contributed by atoms with E-state index in [9.17, 15) is 18.3 Å². The van der Waals surface area contributed by atoms with Crippen molar-refractivity contribution in [1.82, 2.24) is 10.2 Å². The summed E-state index contributed by atoms with van der Waals surface area (Å²) in [7, 11) is -18.3. The molecule has 0 amide bonds. The van der Waals surface area contributed by atoms with Crippen molar-refractivity contribution in [3.63, 3.8) is 0 Å². The largest absolute Gasteiger partial charge is 0.366 e. The highest BCUT2D eigenvalue weighted by Crippen LogP contribution is 2.71. The fourth-order valence-electron chi connectivity index (χ4n) is 2.39. The summed E-state index contributed by atoms with van der Waals surface area (Å²) in [5.74, 6) is 0. The second-order valence-corrected chi connectivity index (χ2v) is 14.2. The SMILES string of the molecule is CN1C=NC(P(=O)(O)O)(P(=O)(O)O)CC1.O=P(O)(O)C1(P(=O)(O)O)CCN=CN1. The predicted molar refractivity (Wildman–Crippen MR) is 100 cm³/mol. The Kier molecular flexibility index (Phi) is 7.87. The molecule has 20 heteroatoms. The number of hydrogen-bond donors (Lipinski definition) is 9. The van der Waals surface area contributed by atoms with Crippen LogP contribution in [-0.2, 0) is 18.3 Å². The van der Waals surface area contributed by atoms with E-state index in [-0.39, 0.29) is 19.5 Å². The second kappa shape index (κ2) is 8.58. The molecule has 0 saturated heterocycles. The first-order valence-corrected chi connectivity index (χ1v) is 14.0. The summed E-state index contributed by atoms with van der Waals surface area (Å²) in [5, 5.41) is -3.12. The quantitative estimate of drug-likeness (QED) is 0.196. The average Bonchev–Trinajstić information content (AvgIpc) is 2.52. The molecule has 2 aliphatic heterocycles. The molecule has 2 heterocycles. The van der Waals surface area contributed by atoms with Crippen molar-refractivity contribution < 1.29 is 57.4 Å². The van der Waals surface area contributed by atoms with Crippen molar-refractivity contribution in [2.45, 2.75) is 22.9 Å². The fourth-order valence-corrected chi connectivity index (χ4v) is 7.52. The van der Waals surface area contributed by atoms with Crippen LogP contribution < -0.4 is 5.32 Å². The lowest BCUT2D eigenvalue weighted by Gasteiger charge is -2.35. The van der Waals surface area contributed by atoms with Gasteiger partial charge in [-0.15, -0.1) is 0 Å². The molecule has 2 rings (SSSR count). The third kappa shape index (κ3) is 5.43. The van der Waals surface area contributed by atoms with Crippen LogP contribution in [-0.4, -0.2) is 86.9 Å². The van der Waals surface area contributed by atoms with Crippen LogP contribution in [0.15, 0.2) is 9.98 Å². The van der Waals surface area contributed by atoms with Gasteiger partial charge in [0, 0.05) is 33.0 Å². The standard InChI is InChI=1S/C5H12N2O6P2.C4H10N2O6P2/c1-7-3-2-5(6-4-7,14(8,9)10)15(11,12)13;7-13(8,9)4(14(10,11)12)1-2-5-3-6-4/h4H,2-3H2,1H3,(H2,8,9,10)(H2,11,12,13);3H,1-2H2,(H,5,6)(H2,7,8,9)(H2,10,11,12). The molecule has 0 fully saturated rings. The van der Waals surface area contributed by atoms with Crippen LogP contribution in [0.5, 0.6) is 0 Å². The Labute approximate surface area is 164 Å². The van der Waals surface area contributed by atoms with Gasteiger partial charge in [-0.25, -0.2) is 4.99 Å². The van der Waals surface area contributed by atoms with Crippen molar-refractivity contribution in [2.24, 2.45) is 9.98 Å². The fraction of sp³-hybridized carbons (Fsp3) is 0.778. The zero-order chi connectivity index (χ0) is 22.9. The van der Waals surface area contributed by atoms with Crippen LogP contribution >= 0.6 is 30.4 Å². The van der Waals surface area contributed by atoms with Crippen LogP contribution in [0.1, 0.15) is 12.8 Å². The monoisotopic (exact) mass is 502 g/mol. The van der Waals surface area contributed by atoms with Crippen LogP contribution in [0.2, 0.25) is 0 Å². The minimum atomic E-state index is -5.01. The van der Waals surface area contributed by atoms with Crippen molar-refractivity contribution in [3.8, 4) is 0 Å². The molecule has 0 saturated carbocycles. The molecule has 0 unspecified atom stereocenters. The Morgan fingerprint density at radius 3 is 1.59 bits per heavy atom. The molecule has 0 aromatic rings. The van der Waals surface area contributed by atoms with Crippen LogP contribution in [0.4, 0.5) is 0 Å². The molecule has 0 atom stereocenters. The van der Waals surface area contributed by atoms with Crippen molar-refractivity contribution in [2.75, 3.05) is 20.1 Å². The average molecular weight is 502 g/mol. The van der Waals surface area contributed by atoms with E-state index in [2.05, 4.69) is 9.98 Å². The molecular weight excluding hydrogens is 480 g/mol. The third-order valence-electron chi connectivity index (χ3n) is 4.13. The Morgan fingerprint density at radius 1 is 0.862 bits per heavy atom. The predicted octanol–water partition coefficient (Wildman–Crippen LogP) is -1.62. The van der Waals surface area contributed by atoms with E-state index in [0.29, 0.717) is 0 Å². The van der Waals surface area contributed by atoms with E-state index >= 15 is 0 Å². The van der Waals surface area contributed by atoms with E-state index < -0.39 is 46.8 Å². The molecule has 16 nitrogen and oxygen atoms in total. The van der Waals surface area contributed by atoms with E-state index in [4.69, 9.17) is 39.1 Å². The summed E-state index contributed by atoms with van der Waals surface area (Å²) in [6.07, 6.45) is 1.15. The minimum absolute atomic E-state index is 0.0385. The van der Waals surface area contributed by atoms with E-state index in [1.54, 1.807) is 7.05 Å². The molecule has 0 bridgehead atoms. The molecule has 0 aromatic heterocycles. The van der Waals surface area contributed by atoms with Crippen molar-refractivity contribution in [3.05, 3.63) is 0 Å². The molecule has 0 aliphatic carbocycles. The number of nitrogens with zero attached hydrogens (tertiary/aromatic N) is 3. The molecular formula is C9H22N4O12P4. The van der Waals surface area contributed by atoms with Gasteiger partial charge in [0.25, 0.3) is 5.02 Å². The van der Waals surface area contributed by atoms with Crippen LogP contribution in [0.25, 0.3) is 0 Å². The van der Waals surface area contributed by atoms with Crippen LogP contribution in [0, 0.1) is 0 Å². The van der Waals surface area contributed by atoms with Crippen molar-refractivity contribution >= 4 is 43.1 Å². The van der Waals surface area contributed by atoms with Gasteiger partial charge in [0.2, 0.25) is 5.02 Å². The van der Waals surface area contributed by atoms with Gasteiger partial charge in [0.15, 0.2) is 0 Å². The molecule has 0 spiro atoms. The van der Waals surface area contributed by atoms with Gasteiger partial charge in [-0.3, -0.25) is 23.3 Å². The lowest BCUT2D eigenvalue weighted by atomic mass is 10.3. The van der Waals surface area contributed by atoms with Crippen molar-refractivity contribution in [1.29, 1.82) is 0 Å². The topological polar surface area (TPSA) is 270 Å². The summed E-state index contributed by atoms with van der Waals surface area (Å²) >= 11 is 0.